The highest BCUT2D eigenvalue weighted by molar-refractivity contribution is 5.51. The average molecular weight is 303 g/mol. The fourth-order valence-electron chi connectivity index (χ4n) is 1.91. The lowest BCUT2D eigenvalue weighted by molar-refractivity contribution is 0.240. The molecule has 5 nitrogen and oxygen atoms in total. The van der Waals surface area contributed by atoms with Crippen molar-refractivity contribution in [1.29, 1.82) is 0 Å². The Morgan fingerprint density at radius 2 is 1.45 bits per heavy atom. The molecule has 0 heterocycles. The number of anilines is 1. The molecule has 2 rings (SSSR count). The van der Waals surface area contributed by atoms with Gasteiger partial charge in [-0.15, -0.1) is 0 Å². The van der Waals surface area contributed by atoms with E-state index in [-0.39, 0.29) is 0 Å². The highest BCUT2D eigenvalue weighted by atomic mass is 16.5. The van der Waals surface area contributed by atoms with Crippen LogP contribution in [0.1, 0.15) is 6.42 Å². The second-order valence-electron chi connectivity index (χ2n) is 4.64. The monoisotopic (exact) mass is 303 g/mol. The number of nitrogen functional groups attached to an aromatic ring is 1. The Labute approximate surface area is 130 Å². The molecule has 118 valence electrons. The molecule has 2 aromatic carbocycles. The molecule has 0 radical (unpaired) electrons. The molecular weight excluding hydrogens is 282 g/mol. The van der Waals surface area contributed by atoms with Gasteiger partial charge in [0.25, 0.3) is 0 Å². The van der Waals surface area contributed by atoms with E-state index in [0.717, 1.165) is 17.9 Å². The first kappa shape index (κ1) is 15.8. The molecular formula is C17H21NO4. The maximum atomic E-state index is 5.70. The van der Waals surface area contributed by atoms with Gasteiger partial charge < -0.3 is 24.7 Å². The smallest absolute Gasteiger partial charge is 0.162 e. The zero-order valence-corrected chi connectivity index (χ0v) is 12.9. The van der Waals surface area contributed by atoms with Crippen LogP contribution in [-0.4, -0.2) is 27.4 Å². The van der Waals surface area contributed by atoms with E-state index in [9.17, 15) is 0 Å². The topological polar surface area (TPSA) is 62.9 Å². The van der Waals surface area contributed by atoms with Crippen molar-refractivity contribution in [3.8, 4) is 23.0 Å². The van der Waals surface area contributed by atoms with Crippen LogP contribution in [-0.2, 0) is 0 Å². The number of hydrogen-bond acceptors (Lipinski definition) is 5. The normalized spacial score (nSPS) is 10.1. The second kappa shape index (κ2) is 8.02. The molecule has 0 bridgehead atoms. The van der Waals surface area contributed by atoms with Crippen LogP contribution >= 0.6 is 0 Å². The highest BCUT2D eigenvalue weighted by Gasteiger charge is 2.04. The molecule has 0 saturated heterocycles. The van der Waals surface area contributed by atoms with Gasteiger partial charge in [-0.1, -0.05) is 0 Å². The molecule has 0 saturated carbocycles. The maximum absolute atomic E-state index is 5.70. The quantitative estimate of drug-likeness (QED) is 0.599. The van der Waals surface area contributed by atoms with Gasteiger partial charge in [0.15, 0.2) is 11.5 Å². The Bertz CT molecular complexity index is 584. The molecule has 0 atom stereocenters. The Kier molecular flexibility index (Phi) is 5.77. The van der Waals surface area contributed by atoms with E-state index in [0.29, 0.717) is 30.4 Å². The van der Waals surface area contributed by atoms with Gasteiger partial charge in [-0.25, -0.2) is 0 Å². The van der Waals surface area contributed by atoms with Gasteiger partial charge >= 0.3 is 0 Å². The van der Waals surface area contributed by atoms with Crippen LogP contribution in [0.25, 0.3) is 0 Å². The molecule has 0 spiro atoms. The van der Waals surface area contributed by atoms with E-state index in [4.69, 9.17) is 24.7 Å². The summed E-state index contributed by atoms with van der Waals surface area (Å²) < 4.78 is 21.6. The summed E-state index contributed by atoms with van der Waals surface area (Å²) in [6.07, 6.45) is 0.763. The van der Waals surface area contributed by atoms with Gasteiger partial charge in [-0.05, 0) is 36.4 Å². The fourth-order valence-corrected chi connectivity index (χ4v) is 1.91. The van der Waals surface area contributed by atoms with Crippen LogP contribution in [0.5, 0.6) is 23.0 Å². The SMILES string of the molecule is COc1ccc(OCCCOc2ccc(N)cc2OC)cc1. The van der Waals surface area contributed by atoms with Crippen molar-refractivity contribution in [2.24, 2.45) is 0 Å². The van der Waals surface area contributed by atoms with Crippen molar-refractivity contribution >= 4 is 5.69 Å². The highest BCUT2D eigenvalue weighted by Crippen LogP contribution is 2.29. The predicted octanol–water partition coefficient (Wildman–Crippen LogP) is 3.13. The van der Waals surface area contributed by atoms with E-state index in [1.165, 1.54) is 0 Å². The molecule has 0 aliphatic rings. The van der Waals surface area contributed by atoms with Crippen LogP contribution < -0.4 is 24.7 Å². The van der Waals surface area contributed by atoms with Crippen molar-refractivity contribution in [1.82, 2.24) is 0 Å². The van der Waals surface area contributed by atoms with Gasteiger partial charge in [0.1, 0.15) is 11.5 Å². The zero-order valence-electron chi connectivity index (χ0n) is 12.9. The van der Waals surface area contributed by atoms with Crippen LogP contribution in [0.4, 0.5) is 5.69 Å². The van der Waals surface area contributed by atoms with E-state index < -0.39 is 0 Å². The Morgan fingerprint density at radius 3 is 2.14 bits per heavy atom. The third-order valence-corrected chi connectivity index (χ3v) is 3.06. The zero-order chi connectivity index (χ0) is 15.8. The maximum Gasteiger partial charge on any atom is 0.162 e. The fraction of sp³-hybridized carbons (Fsp3) is 0.294. The van der Waals surface area contributed by atoms with Crippen LogP contribution in [0, 0.1) is 0 Å². The summed E-state index contributed by atoms with van der Waals surface area (Å²) in [4.78, 5) is 0. The molecule has 0 aliphatic carbocycles. The number of rotatable bonds is 8. The molecule has 0 unspecified atom stereocenters. The summed E-state index contributed by atoms with van der Waals surface area (Å²) in [5.41, 5.74) is 6.35. The van der Waals surface area contributed by atoms with E-state index in [1.54, 1.807) is 32.4 Å². The first-order valence-corrected chi connectivity index (χ1v) is 7.06. The number of methoxy groups -OCH3 is 2. The van der Waals surface area contributed by atoms with Crippen molar-refractivity contribution < 1.29 is 18.9 Å². The Hall–Kier alpha value is -2.56. The molecule has 5 heteroatoms. The van der Waals surface area contributed by atoms with Crippen LogP contribution in [0.15, 0.2) is 42.5 Å². The van der Waals surface area contributed by atoms with Gasteiger partial charge in [-0.3, -0.25) is 0 Å². The minimum absolute atomic E-state index is 0.538. The van der Waals surface area contributed by atoms with Crippen LogP contribution in [0.2, 0.25) is 0 Å². The van der Waals surface area contributed by atoms with Crippen molar-refractivity contribution in [3.05, 3.63) is 42.5 Å². The molecule has 2 aromatic rings. The number of benzene rings is 2. The lowest BCUT2D eigenvalue weighted by Gasteiger charge is -2.11. The second-order valence-corrected chi connectivity index (χ2v) is 4.64. The molecule has 0 amide bonds. The molecule has 2 N–H and O–H groups in total. The summed E-state index contributed by atoms with van der Waals surface area (Å²) in [6.45, 7) is 1.11. The van der Waals surface area contributed by atoms with Crippen molar-refractivity contribution in [3.63, 3.8) is 0 Å². The van der Waals surface area contributed by atoms with Gasteiger partial charge in [0.05, 0.1) is 27.4 Å². The van der Waals surface area contributed by atoms with Crippen molar-refractivity contribution in [2.45, 2.75) is 6.42 Å². The average Bonchev–Trinajstić information content (AvgIpc) is 2.56. The minimum atomic E-state index is 0.538. The standard InChI is InChI=1S/C17H21NO4/c1-19-14-5-7-15(8-6-14)21-10-3-11-22-16-9-4-13(18)12-17(16)20-2/h4-9,12H,3,10-11,18H2,1-2H3. The van der Waals surface area contributed by atoms with E-state index in [2.05, 4.69) is 0 Å². The largest absolute Gasteiger partial charge is 0.497 e. The first-order valence-electron chi connectivity index (χ1n) is 7.06. The van der Waals surface area contributed by atoms with E-state index >= 15 is 0 Å². The number of nitrogens with two attached hydrogens (primary N) is 1. The van der Waals surface area contributed by atoms with Gasteiger partial charge in [0.2, 0.25) is 0 Å². The van der Waals surface area contributed by atoms with Crippen molar-refractivity contribution in [2.75, 3.05) is 33.2 Å². The third kappa shape index (κ3) is 4.48. The Balaban J connectivity index is 1.73. The predicted molar refractivity (Wildman–Crippen MR) is 86.0 cm³/mol. The Morgan fingerprint density at radius 1 is 0.773 bits per heavy atom. The summed E-state index contributed by atoms with van der Waals surface area (Å²) in [6, 6.07) is 12.8. The molecule has 0 fully saturated rings. The lowest BCUT2D eigenvalue weighted by atomic mass is 10.3. The first-order chi connectivity index (χ1) is 10.7. The number of ether oxygens (including phenoxy) is 4. The summed E-state index contributed by atoms with van der Waals surface area (Å²) in [7, 11) is 3.23. The molecule has 0 aromatic heterocycles. The molecule has 22 heavy (non-hydrogen) atoms. The summed E-state index contributed by atoms with van der Waals surface area (Å²) >= 11 is 0. The van der Waals surface area contributed by atoms with Gasteiger partial charge in [-0.2, -0.15) is 0 Å². The van der Waals surface area contributed by atoms with Gasteiger partial charge in [0, 0.05) is 18.2 Å². The molecule has 0 aliphatic heterocycles. The minimum Gasteiger partial charge on any atom is -0.497 e. The lowest BCUT2D eigenvalue weighted by Crippen LogP contribution is -2.05. The third-order valence-electron chi connectivity index (χ3n) is 3.06. The van der Waals surface area contributed by atoms with Crippen LogP contribution in [0.3, 0.4) is 0 Å². The summed E-state index contributed by atoms with van der Waals surface area (Å²) in [5, 5.41) is 0. The van der Waals surface area contributed by atoms with E-state index in [1.807, 2.05) is 24.3 Å². The number of hydrogen-bond donors (Lipinski definition) is 1. The summed E-state index contributed by atoms with van der Waals surface area (Å²) in [5.74, 6) is 2.94.